The number of hydrogen-bond acceptors (Lipinski definition) is 6. The number of aromatic nitrogens is 2. The molecule has 2 aliphatic rings. The first-order valence-electron chi connectivity index (χ1n) is 10.6. The van der Waals surface area contributed by atoms with E-state index in [1.807, 2.05) is 20.8 Å². The number of carbonyl (C=O) groups excluding carboxylic acids is 1. The molecule has 2 bridgehead atoms. The summed E-state index contributed by atoms with van der Waals surface area (Å²) in [6.45, 7) is 5.83. The SMILES string of the molecule is Cc1c(Nc2ccc(C#N)cc2Cl)ncnc1O[C@@H]1C[C@H]2CC[C@@H](C1)N2C(=O)C(C)C. The highest BCUT2D eigenvalue weighted by Gasteiger charge is 2.44. The van der Waals surface area contributed by atoms with E-state index in [4.69, 9.17) is 21.6 Å². The standard InChI is InChI=1S/C23H26ClN5O2/c1-13(2)23(30)29-16-5-6-17(29)10-18(9-16)31-22-14(3)21(26-12-27-22)28-20-7-4-15(11-25)8-19(20)24/h4,7-8,12-13,16-18H,5-6,9-10H2,1-3H3,(H,26,27,28)/t16-,17+,18-. The number of halogens is 1. The number of nitrogens with one attached hydrogen (secondary N) is 1. The zero-order valence-electron chi connectivity index (χ0n) is 17.9. The van der Waals surface area contributed by atoms with Crippen LogP contribution in [0.5, 0.6) is 5.88 Å². The van der Waals surface area contributed by atoms with E-state index >= 15 is 0 Å². The highest BCUT2D eigenvalue weighted by atomic mass is 35.5. The van der Waals surface area contributed by atoms with Crippen LogP contribution < -0.4 is 10.1 Å². The molecular weight excluding hydrogens is 414 g/mol. The number of anilines is 2. The fraction of sp³-hybridized carbons (Fsp3) is 0.478. The summed E-state index contributed by atoms with van der Waals surface area (Å²) >= 11 is 6.29. The van der Waals surface area contributed by atoms with E-state index in [9.17, 15) is 4.79 Å². The first-order chi connectivity index (χ1) is 14.9. The summed E-state index contributed by atoms with van der Waals surface area (Å²) in [7, 11) is 0. The largest absolute Gasteiger partial charge is 0.474 e. The smallest absolute Gasteiger partial charge is 0.225 e. The molecule has 2 aromatic rings. The third-order valence-corrected chi connectivity index (χ3v) is 6.42. The Morgan fingerprint density at radius 3 is 2.61 bits per heavy atom. The number of nitrogens with zero attached hydrogens (tertiary/aromatic N) is 4. The number of rotatable bonds is 5. The molecule has 0 spiro atoms. The van der Waals surface area contributed by atoms with Gasteiger partial charge in [-0.3, -0.25) is 4.79 Å². The zero-order chi connectivity index (χ0) is 22.1. The fourth-order valence-electron chi connectivity index (χ4n) is 4.53. The van der Waals surface area contributed by atoms with Crippen LogP contribution in [0.1, 0.15) is 50.7 Å². The number of carbonyl (C=O) groups is 1. The maximum atomic E-state index is 12.6. The average Bonchev–Trinajstić information content (AvgIpc) is 3.01. The summed E-state index contributed by atoms with van der Waals surface area (Å²) in [5.74, 6) is 1.41. The molecular formula is C23H26ClN5O2. The minimum atomic E-state index is 0.0207. The van der Waals surface area contributed by atoms with Gasteiger partial charge in [-0.25, -0.2) is 9.97 Å². The molecule has 3 heterocycles. The Bertz CT molecular complexity index is 1020. The maximum absolute atomic E-state index is 12.6. The van der Waals surface area contributed by atoms with Crippen LogP contribution in [-0.2, 0) is 4.79 Å². The second-order valence-corrected chi connectivity index (χ2v) is 8.99. The van der Waals surface area contributed by atoms with Gasteiger partial charge >= 0.3 is 0 Å². The number of benzene rings is 1. The first kappa shape index (κ1) is 21.4. The van der Waals surface area contributed by atoms with Gasteiger partial charge in [0.1, 0.15) is 18.2 Å². The van der Waals surface area contributed by atoms with Gasteiger partial charge in [-0.15, -0.1) is 0 Å². The van der Waals surface area contributed by atoms with Crippen molar-refractivity contribution in [3.05, 3.63) is 40.7 Å². The third kappa shape index (κ3) is 4.31. The van der Waals surface area contributed by atoms with Gasteiger partial charge in [0.2, 0.25) is 11.8 Å². The minimum absolute atomic E-state index is 0.0207. The number of nitriles is 1. The van der Waals surface area contributed by atoms with Crippen LogP contribution in [0.4, 0.5) is 11.5 Å². The molecule has 2 aliphatic heterocycles. The number of amides is 1. The highest BCUT2D eigenvalue weighted by molar-refractivity contribution is 6.33. The van der Waals surface area contributed by atoms with Crippen molar-refractivity contribution in [3.8, 4) is 11.9 Å². The van der Waals surface area contributed by atoms with Gasteiger partial charge in [0.05, 0.1) is 27.9 Å². The predicted molar refractivity (Wildman–Crippen MR) is 118 cm³/mol. The number of fused-ring (bicyclic) bond motifs is 2. The van der Waals surface area contributed by atoms with E-state index in [0.29, 0.717) is 28.0 Å². The Kier molecular flexibility index (Phi) is 6.01. The quantitative estimate of drug-likeness (QED) is 0.731. The van der Waals surface area contributed by atoms with Gasteiger partial charge < -0.3 is 15.0 Å². The molecule has 0 saturated carbocycles. The first-order valence-corrected chi connectivity index (χ1v) is 11.0. The van der Waals surface area contributed by atoms with Crippen LogP contribution in [0, 0.1) is 24.2 Å². The molecule has 0 unspecified atom stereocenters. The van der Waals surface area contributed by atoms with Gasteiger partial charge in [-0.2, -0.15) is 5.26 Å². The van der Waals surface area contributed by atoms with Crippen LogP contribution in [-0.4, -0.2) is 39.0 Å². The maximum Gasteiger partial charge on any atom is 0.225 e. The summed E-state index contributed by atoms with van der Waals surface area (Å²) in [6.07, 6.45) is 5.21. The van der Waals surface area contributed by atoms with Crippen molar-refractivity contribution in [2.45, 2.75) is 64.6 Å². The molecule has 1 aromatic heterocycles. The number of hydrogen-bond donors (Lipinski definition) is 1. The van der Waals surface area contributed by atoms with Gasteiger partial charge in [0.15, 0.2) is 0 Å². The highest BCUT2D eigenvalue weighted by Crippen LogP contribution is 2.39. The Morgan fingerprint density at radius 2 is 2.00 bits per heavy atom. The van der Waals surface area contributed by atoms with Gasteiger partial charge in [0, 0.05) is 30.8 Å². The third-order valence-electron chi connectivity index (χ3n) is 6.11. The van der Waals surface area contributed by atoms with E-state index in [2.05, 4.69) is 26.3 Å². The molecule has 0 radical (unpaired) electrons. The lowest BCUT2D eigenvalue weighted by molar-refractivity contribution is -0.140. The zero-order valence-corrected chi connectivity index (χ0v) is 18.7. The van der Waals surface area contributed by atoms with Gasteiger partial charge in [-0.05, 0) is 38.0 Å². The topological polar surface area (TPSA) is 91.1 Å². The summed E-state index contributed by atoms with van der Waals surface area (Å²) < 4.78 is 6.30. The molecule has 1 aromatic carbocycles. The normalized spacial score (nSPS) is 22.3. The summed E-state index contributed by atoms with van der Waals surface area (Å²) in [5.41, 5.74) is 1.94. The molecule has 1 N–H and O–H groups in total. The van der Waals surface area contributed by atoms with E-state index in [0.717, 1.165) is 31.2 Å². The Labute approximate surface area is 187 Å². The van der Waals surface area contributed by atoms with E-state index in [1.54, 1.807) is 18.2 Å². The number of ether oxygens (including phenoxy) is 1. The van der Waals surface area contributed by atoms with E-state index < -0.39 is 0 Å². The molecule has 3 atom stereocenters. The van der Waals surface area contributed by atoms with Crippen molar-refractivity contribution in [1.82, 2.24) is 14.9 Å². The average molecular weight is 440 g/mol. The molecule has 2 saturated heterocycles. The van der Waals surface area contributed by atoms with Crippen LogP contribution in [0.3, 0.4) is 0 Å². The Balaban J connectivity index is 1.47. The molecule has 31 heavy (non-hydrogen) atoms. The Hall–Kier alpha value is -2.85. The number of piperidine rings is 1. The molecule has 4 rings (SSSR count). The lowest BCUT2D eigenvalue weighted by Gasteiger charge is -2.39. The van der Waals surface area contributed by atoms with Crippen molar-refractivity contribution < 1.29 is 9.53 Å². The summed E-state index contributed by atoms with van der Waals surface area (Å²) in [5, 5.41) is 12.7. The van der Waals surface area contributed by atoms with Crippen LogP contribution in [0.25, 0.3) is 0 Å². The van der Waals surface area contributed by atoms with E-state index in [1.165, 1.54) is 6.33 Å². The van der Waals surface area contributed by atoms with Crippen molar-refractivity contribution in [2.75, 3.05) is 5.32 Å². The van der Waals surface area contributed by atoms with Gasteiger partial charge in [-0.1, -0.05) is 25.4 Å². The fourth-order valence-corrected chi connectivity index (χ4v) is 4.76. The van der Waals surface area contributed by atoms with Crippen molar-refractivity contribution in [3.63, 3.8) is 0 Å². The van der Waals surface area contributed by atoms with Crippen molar-refractivity contribution in [2.24, 2.45) is 5.92 Å². The lowest BCUT2D eigenvalue weighted by Crippen LogP contribution is -2.50. The van der Waals surface area contributed by atoms with Crippen LogP contribution in [0.15, 0.2) is 24.5 Å². The second kappa shape index (κ2) is 8.72. The lowest BCUT2D eigenvalue weighted by atomic mass is 9.98. The summed E-state index contributed by atoms with van der Waals surface area (Å²) in [6, 6.07) is 7.62. The second-order valence-electron chi connectivity index (χ2n) is 8.58. The van der Waals surface area contributed by atoms with Crippen LogP contribution >= 0.6 is 11.6 Å². The van der Waals surface area contributed by atoms with Crippen molar-refractivity contribution in [1.29, 1.82) is 5.26 Å². The summed E-state index contributed by atoms with van der Waals surface area (Å²) in [4.78, 5) is 23.4. The minimum Gasteiger partial charge on any atom is -0.474 e. The predicted octanol–water partition coefficient (Wildman–Crippen LogP) is 4.61. The Morgan fingerprint density at radius 1 is 1.29 bits per heavy atom. The molecule has 7 nitrogen and oxygen atoms in total. The van der Waals surface area contributed by atoms with Crippen LogP contribution in [0.2, 0.25) is 5.02 Å². The molecule has 1 amide bonds. The molecule has 162 valence electrons. The monoisotopic (exact) mass is 439 g/mol. The van der Waals surface area contributed by atoms with Gasteiger partial charge in [0.25, 0.3) is 0 Å². The molecule has 2 fully saturated rings. The molecule has 0 aliphatic carbocycles. The van der Waals surface area contributed by atoms with Crippen molar-refractivity contribution >= 4 is 29.0 Å². The molecule has 8 heteroatoms. The van der Waals surface area contributed by atoms with E-state index in [-0.39, 0.29) is 30.0 Å².